The topological polar surface area (TPSA) is 58.7 Å². The molecule has 0 bridgehead atoms. The van der Waals surface area contributed by atoms with Crippen molar-refractivity contribution in [2.75, 3.05) is 11.4 Å². The van der Waals surface area contributed by atoms with Gasteiger partial charge in [0.1, 0.15) is 0 Å². The number of nitro benzene ring substituents is 1. The van der Waals surface area contributed by atoms with E-state index in [-0.39, 0.29) is 16.1 Å². The molecule has 1 aliphatic heterocycles. The van der Waals surface area contributed by atoms with Crippen molar-refractivity contribution >= 4 is 28.8 Å². The van der Waals surface area contributed by atoms with Crippen LogP contribution in [0, 0.1) is 17.0 Å². The Bertz CT molecular complexity index is 974. The van der Waals surface area contributed by atoms with Gasteiger partial charge in [0.25, 0.3) is 5.69 Å². The summed E-state index contributed by atoms with van der Waals surface area (Å²) in [6.45, 7) is 11.6. The lowest BCUT2D eigenvalue weighted by Crippen LogP contribution is -2.45. The molecule has 146 valence electrons. The molecular weight excluding hydrogens is 350 g/mol. The van der Waals surface area contributed by atoms with E-state index in [1.165, 1.54) is 22.9 Å². The molecule has 28 heavy (non-hydrogen) atoms. The Kier molecular flexibility index (Phi) is 5.36. The fourth-order valence-electron chi connectivity index (χ4n) is 3.84. The lowest BCUT2D eigenvalue weighted by molar-refractivity contribution is -0.385. The fraction of sp³-hybridized carbons (Fsp3) is 0.348. The number of aryl methyl sites for hydroxylation is 1. The van der Waals surface area contributed by atoms with Crippen LogP contribution in [0.4, 0.5) is 17.1 Å². The van der Waals surface area contributed by atoms with Crippen LogP contribution in [0.15, 0.2) is 47.5 Å². The van der Waals surface area contributed by atoms with E-state index in [1.54, 1.807) is 25.3 Å². The van der Waals surface area contributed by atoms with Crippen LogP contribution in [0.3, 0.4) is 0 Å². The van der Waals surface area contributed by atoms with E-state index < -0.39 is 0 Å². The molecule has 0 radical (unpaired) electrons. The fourth-order valence-corrected chi connectivity index (χ4v) is 3.84. The van der Waals surface area contributed by atoms with Crippen molar-refractivity contribution in [3.8, 4) is 0 Å². The molecule has 0 aliphatic carbocycles. The summed E-state index contributed by atoms with van der Waals surface area (Å²) in [6, 6.07) is 11.4. The molecule has 0 saturated heterocycles. The highest BCUT2D eigenvalue weighted by molar-refractivity contribution is 5.88. The predicted octanol–water partition coefficient (Wildman–Crippen LogP) is 6.07. The molecule has 5 heteroatoms. The van der Waals surface area contributed by atoms with Crippen LogP contribution in [-0.2, 0) is 0 Å². The number of nitro groups is 1. The normalized spacial score (nSPS) is 15.5. The summed E-state index contributed by atoms with van der Waals surface area (Å²) < 4.78 is 0. The predicted molar refractivity (Wildman–Crippen MR) is 117 cm³/mol. The molecule has 0 amide bonds. The number of fused-ring (bicyclic) bond motifs is 1. The zero-order valence-electron chi connectivity index (χ0n) is 17.2. The van der Waals surface area contributed by atoms with E-state index in [0.717, 1.165) is 18.5 Å². The molecule has 5 nitrogen and oxygen atoms in total. The van der Waals surface area contributed by atoms with Gasteiger partial charge in [0.05, 0.1) is 16.1 Å². The van der Waals surface area contributed by atoms with Gasteiger partial charge in [-0.1, -0.05) is 25.1 Å². The minimum absolute atomic E-state index is 0.0104. The van der Waals surface area contributed by atoms with Crippen molar-refractivity contribution < 1.29 is 4.92 Å². The molecule has 0 aromatic heterocycles. The summed E-state index contributed by atoms with van der Waals surface area (Å²) in [5.74, 6) is 0. The lowest BCUT2D eigenvalue weighted by Gasteiger charge is -2.43. The first-order valence-corrected chi connectivity index (χ1v) is 9.63. The first-order valence-electron chi connectivity index (χ1n) is 9.63. The van der Waals surface area contributed by atoms with Gasteiger partial charge in [0.2, 0.25) is 0 Å². The number of allylic oxidation sites excluding steroid dienone is 1. The van der Waals surface area contributed by atoms with Crippen molar-refractivity contribution in [1.29, 1.82) is 0 Å². The summed E-state index contributed by atoms with van der Waals surface area (Å²) >= 11 is 0. The number of aliphatic imine (C=N–C) groups is 1. The zero-order valence-corrected chi connectivity index (χ0v) is 17.2. The summed E-state index contributed by atoms with van der Waals surface area (Å²) in [4.78, 5) is 17.7. The minimum Gasteiger partial charge on any atom is -0.362 e. The van der Waals surface area contributed by atoms with Crippen LogP contribution in [0.5, 0.6) is 0 Å². The van der Waals surface area contributed by atoms with Gasteiger partial charge < -0.3 is 4.90 Å². The van der Waals surface area contributed by atoms with Gasteiger partial charge in [-0.3, -0.25) is 15.1 Å². The van der Waals surface area contributed by atoms with E-state index in [2.05, 4.69) is 61.9 Å². The molecule has 0 atom stereocenters. The van der Waals surface area contributed by atoms with E-state index in [0.29, 0.717) is 11.3 Å². The van der Waals surface area contributed by atoms with Gasteiger partial charge in [0.15, 0.2) is 0 Å². The van der Waals surface area contributed by atoms with Gasteiger partial charge in [-0.2, -0.15) is 0 Å². The van der Waals surface area contributed by atoms with Crippen LogP contribution in [0.2, 0.25) is 0 Å². The van der Waals surface area contributed by atoms with Crippen LogP contribution in [0.25, 0.3) is 5.57 Å². The first kappa shape index (κ1) is 19.8. The molecule has 1 aliphatic rings. The third-order valence-electron chi connectivity index (χ3n) is 5.20. The molecule has 0 spiro atoms. The van der Waals surface area contributed by atoms with Crippen molar-refractivity contribution in [2.45, 2.75) is 46.6 Å². The highest BCUT2D eigenvalue weighted by Crippen LogP contribution is 2.39. The van der Waals surface area contributed by atoms with Gasteiger partial charge >= 0.3 is 0 Å². The second kappa shape index (κ2) is 7.58. The standard InChI is InChI=1S/C23H27N3O2/c1-6-11-25-21-10-8-18(12-20(21)17(3)14-23(25,4)5)15-24-19-9-7-16(2)22(13-19)26(27)28/h7-10,12-15H,6,11H2,1-5H3. The largest absolute Gasteiger partial charge is 0.362 e. The maximum Gasteiger partial charge on any atom is 0.274 e. The van der Waals surface area contributed by atoms with Crippen molar-refractivity contribution in [1.82, 2.24) is 0 Å². The number of hydrogen-bond donors (Lipinski definition) is 0. The van der Waals surface area contributed by atoms with Gasteiger partial charge in [0, 0.05) is 35.6 Å². The lowest BCUT2D eigenvalue weighted by atomic mass is 9.88. The van der Waals surface area contributed by atoms with Crippen LogP contribution in [-0.4, -0.2) is 23.2 Å². The highest BCUT2D eigenvalue weighted by Gasteiger charge is 2.30. The maximum atomic E-state index is 11.1. The molecule has 0 unspecified atom stereocenters. The summed E-state index contributed by atoms with van der Waals surface area (Å²) in [5.41, 5.74) is 5.99. The second-order valence-corrected chi connectivity index (χ2v) is 7.90. The SMILES string of the molecule is CCCN1c2ccc(C=Nc3ccc(C)c([N+](=O)[O-])c3)cc2C(C)=CC1(C)C. The highest BCUT2D eigenvalue weighted by atomic mass is 16.6. The Hall–Kier alpha value is -2.95. The third kappa shape index (κ3) is 3.84. The van der Waals surface area contributed by atoms with Crippen LogP contribution < -0.4 is 4.90 Å². The number of rotatable bonds is 5. The van der Waals surface area contributed by atoms with E-state index in [4.69, 9.17) is 0 Å². The third-order valence-corrected chi connectivity index (χ3v) is 5.20. The Morgan fingerprint density at radius 3 is 2.61 bits per heavy atom. The monoisotopic (exact) mass is 377 g/mol. The maximum absolute atomic E-state index is 11.1. The Morgan fingerprint density at radius 2 is 1.93 bits per heavy atom. The van der Waals surface area contributed by atoms with Crippen molar-refractivity contribution in [2.24, 2.45) is 4.99 Å². The van der Waals surface area contributed by atoms with E-state index in [1.807, 2.05) is 0 Å². The number of nitrogens with zero attached hydrogens (tertiary/aromatic N) is 3. The summed E-state index contributed by atoms with van der Waals surface area (Å²) in [6.07, 6.45) is 5.17. The quantitative estimate of drug-likeness (QED) is 0.361. The number of anilines is 1. The first-order chi connectivity index (χ1) is 13.2. The van der Waals surface area contributed by atoms with Crippen LogP contribution in [0.1, 0.15) is 50.8 Å². The molecule has 0 N–H and O–H groups in total. The average molecular weight is 377 g/mol. The molecule has 0 saturated carbocycles. The van der Waals surface area contributed by atoms with E-state index in [9.17, 15) is 10.1 Å². The van der Waals surface area contributed by atoms with Crippen LogP contribution >= 0.6 is 0 Å². The second-order valence-electron chi connectivity index (χ2n) is 7.90. The smallest absolute Gasteiger partial charge is 0.274 e. The Balaban J connectivity index is 1.94. The molecular formula is C23H27N3O2. The number of hydrogen-bond acceptors (Lipinski definition) is 4. The Labute approximate surface area is 166 Å². The molecule has 1 heterocycles. The summed E-state index contributed by atoms with van der Waals surface area (Å²) in [5, 5.41) is 11.1. The van der Waals surface area contributed by atoms with Crippen molar-refractivity contribution in [3.05, 3.63) is 69.3 Å². The minimum atomic E-state index is -0.370. The number of benzene rings is 2. The van der Waals surface area contributed by atoms with Gasteiger partial charge in [-0.05, 0) is 63.5 Å². The molecule has 3 rings (SSSR count). The van der Waals surface area contributed by atoms with Gasteiger partial charge in [-0.15, -0.1) is 0 Å². The molecule has 2 aromatic rings. The Morgan fingerprint density at radius 1 is 1.18 bits per heavy atom. The molecule has 0 fully saturated rings. The average Bonchev–Trinajstić information content (AvgIpc) is 2.64. The van der Waals surface area contributed by atoms with Crippen molar-refractivity contribution in [3.63, 3.8) is 0 Å². The zero-order chi connectivity index (χ0) is 20.5. The summed E-state index contributed by atoms with van der Waals surface area (Å²) in [7, 11) is 0. The van der Waals surface area contributed by atoms with E-state index >= 15 is 0 Å². The van der Waals surface area contributed by atoms with Gasteiger partial charge in [-0.25, -0.2) is 0 Å². The molecule has 2 aromatic carbocycles.